The largest absolute Gasteiger partial charge is 0.497 e. The SMILES string of the molecule is COc1cccc(-n2cnc(C(C)=O)c2)c1. The van der Waals surface area contributed by atoms with Crippen LogP contribution in [0.1, 0.15) is 17.4 Å². The molecule has 0 saturated carbocycles. The first-order chi connectivity index (χ1) is 7.70. The van der Waals surface area contributed by atoms with Crippen molar-refractivity contribution in [3.63, 3.8) is 0 Å². The van der Waals surface area contributed by atoms with Crippen LogP contribution in [-0.4, -0.2) is 22.4 Å². The van der Waals surface area contributed by atoms with Crippen molar-refractivity contribution in [1.29, 1.82) is 0 Å². The molecule has 0 radical (unpaired) electrons. The Balaban J connectivity index is 2.38. The van der Waals surface area contributed by atoms with Crippen LogP contribution in [0.2, 0.25) is 0 Å². The lowest BCUT2D eigenvalue weighted by Gasteiger charge is -2.04. The summed E-state index contributed by atoms with van der Waals surface area (Å²) in [4.78, 5) is 15.1. The van der Waals surface area contributed by atoms with Gasteiger partial charge in [0.05, 0.1) is 12.8 Å². The van der Waals surface area contributed by atoms with Crippen molar-refractivity contribution in [1.82, 2.24) is 9.55 Å². The lowest BCUT2D eigenvalue weighted by atomic mass is 10.3. The van der Waals surface area contributed by atoms with Gasteiger partial charge in [0.15, 0.2) is 5.78 Å². The highest BCUT2D eigenvalue weighted by Gasteiger charge is 2.05. The van der Waals surface area contributed by atoms with E-state index in [-0.39, 0.29) is 5.78 Å². The topological polar surface area (TPSA) is 44.1 Å². The molecule has 82 valence electrons. The van der Waals surface area contributed by atoms with Crippen molar-refractivity contribution >= 4 is 5.78 Å². The van der Waals surface area contributed by atoms with E-state index in [1.54, 1.807) is 24.2 Å². The third-order valence-corrected chi connectivity index (χ3v) is 2.29. The summed E-state index contributed by atoms with van der Waals surface area (Å²) in [6, 6.07) is 7.56. The minimum atomic E-state index is -0.0401. The molecule has 2 rings (SSSR count). The van der Waals surface area contributed by atoms with Gasteiger partial charge >= 0.3 is 0 Å². The molecule has 0 N–H and O–H groups in total. The quantitative estimate of drug-likeness (QED) is 0.738. The van der Waals surface area contributed by atoms with Crippen LogP contribution in [0.4, 0.5) is 0 Å². The number of nitrogens with zero attached hydrogens (tertiary/aromatic N) is 2. The van der Waals surface area contributed by atoms with Crippen LogP contribution in [0.3, 0.4) is 0 Å². The number of rotatable bonds is 3. The number of hydrogen-bond acceptors (Lipinski definition) is 3. The minimum Gasteiger partial charge on any atom is -0.497 e. The van der Waals surface area contributed by atoms with Crippen LogP contribution >= 0.6 is 0 Å². The first kappa shape index (κ1) is 10.4. The van der Waals surface area contributed by atoms with Crippen LogP contribution in [0.15, 0.2) is 36.8 Å². The van der Waals surface area contributed by atoms with E-state index < -0.39 is 0 Å². The maximum absolute atomic E-state index is 11.1. The average Bonchev–Trinajstić information content (AvgIpc) is 2.78. The van der Waals surface area contributed by atoms with Gasteiger partial charge in [0.1, 0.15) is 17.8 Å². The Morgan fingerprint density at radius 2 is 2.25 bits per heavy atom. The lowest BCUT2D eigenvalue weighted by molar-refractivity contribution is 0.101. The fourth-order valence-electron chi connectivity index (χ4n) is 1.42. The third-order valence-electron chi connectivity index (χ3n) is 2.29. The van der Waals surface area contributed by atoms with Gasteiger partial charge in [-0.05, 0) is 12.1 Å². The Bertz CT molecular complexity index is 517. The van der Waals surface area contributed by atoms with Crippen molar-refractivity contribution < 1.29 is 9.53 Å². The Morgan fingerprint density at radius 3 is 2.88 bits per heavy atom. The number of ketones is 1. The lowest BCUT2D eigenvalue weighted by Crippen LogP contribution is -1.93. The summed E-state index contributed by atoms with van der Waals surface area (Å²) >= 11 is 0. The highest BCUT2D eigenvalue weighted by molar-refractivity contribution is 5.91. The highest BCUT2D eigenvalue weighted by atomic mass is 16.5. The second-order valence-electron chi connectivity index (χ2n) is 3.42. The van der Waals surface area contributed by atoms with E-state index in [2.05, 4.69) is 4.98 Å². The van der Waals surface area contributed by atoms with Crippen LogP contribution in [0.5, 0.6) is 5.75 Å². The number of hydrogen-bond donors (Lipinski definition) is 0. The summed E-state index contributed by atoms with van der Waals surface area (Å²) in [5.74, 6) is 0.734. The molecule has 0 atom stereocenters. The van der Waals surface area contributed by atoms with Gasteiger partial charge in [-0.2, -0.15) is 0 Å². The van der Waals surface area contributed by atoms with Crippen LogP contribution < -0.4 is 4.74 Å². The number of Topliss-reactive ketones (excluding diaryl/α,β-unsaturated/α-hetero) is 1. The van der Waals surface area contributed by atoms with Crippen LogP contribution in [-0.2, 0) is 0 Å². The van der Waals surface area contributed by atoms with Crippen molar-refractivity contribution in [2.24, 2.45) is 0 Å². The summed E-state index contributed by atoms with van der Waals surface area (Å²) in [5, 5.41) is 0. The molecule has 0 unspecified atom stereocenters. The second kappa shape index (κ2) is 4.18. The molecule has 1 heterocycles. The van der Waals surface area contributed by atoms with Gasteiger partial charge in [-0.3, -0.25) is 4.79 Å². The van der Waals surface area contributed by atoms with E-state index in [4.69, 9.17) is 4.74 Å². The smallest absolute Gasteiger partial charge is 0.179 e. The molecule has 16 heavy (non-hydrogen) atoms. The third kappa shape index (κ3) is 1.95. The molecular weight excluding hydrogens is 204 g/mol. The number of imidazole rings is 1. The van der Waals surface area contributed by atoms with Crippen molar-refractivity contribution in [3.05, 3.63) is 42.5 Å². The molecule has 0 fully saturated rings. The van der Waals surface area contributed by atoms with E-state index in [1.807, 2.05) is 24.3 Å². The van der Waals surface area contributed by atoms with Gasteiger partial charge in [-0.1, -0.05) is 6.07 Å². The van der Waals surface area contributed by atoms with Gasteiger partial charge in [0.2, 0.25) is 0 Å². The van der Waals surface area contributed by atoms with Gasteiger partial charge in [-0.15, -0.1) is 0 Å². The number of benzene rings is 1. The number of carbonyl (C=O) groups excluding carboxylic acids is 1. The Kier molecular flexibility index (Phi) is 2.72. The standard InChI is InChI=1S/C12H12N2O2/c1-9(15)12-7-14(8-13-12)10-4-3-5-11(6-10)16-2/h3-8H,1-2H3. The number of methoxy groups -OCH3 is 1. The predicted octanol–water partition coefficient (Wildman–Crippen LogP) is 2.08. The Labute approximate surface area is 93.5 Å². The molecule has 0 bridgehead atoms. The molecule has 1 aromatic heterocycles. The zero-order chi connectivity index (χ0) is 11.5. The highest BCUT2D eigenvalue weighted by Crippen LogP contribution is 2.16. The summed E-state index contributed by atoms with van der Waals surface area (Å²) in [6.45, 7) is 1.50. The van der Waals surface area contributed by atoms with E-state index in [1.165, 1.54) is 6.92 Å². The molecule has 0 aliphatic rings. The number of carbonyl (C=O) groups is 1. The predicted molar refractivity (Wildman–Crippen MR) is 60.1 cm³/mol. The molecular formula is C12H12N2O2. The Morgan fingerprint density at radius 1 is 1.44 bits per heavy atom. The fourth-order valence-corrected chi connectivity index (χ4v) is 1.42. The van der Waals surface area contributed by atoms with Gasteiger partial charge in [0.25, 0.3) is 0 Å². The zero-order valence-electron chi connectivity index (χ0n) is 9.18. The molecule has 4 nitrogen and oxygen atoms in total. The number of ether oxygens (including phenoxy) is 1. The maximum atomic E-state index is 11.1. The molecule has 4 heteroatoms. The van der Waals surface area contributed by atoms with Gasteiger partial charge < -0.3 is 9.30 Å². The molecule has 0 spiro atoms. The summed E-state index contributed by atoms with van der Waals surface area (Å²) in [5.41, 5.74) is 1.38. The first-order valence-corrected chi connectivity index (χ1v) is 4.90. The van der Waals surface area contributed by atoms with E-state index >= 15 is 0 Å². The molecule has 0 saturated heterocycles. The molecule has 0 amide bonds. The summed E-state index contributed by atoms with van der Waals surface area (Å²) in [6.07, 6.45) is 3.32. The molecule has 0 aliphatic heterocycles. The van der Waals surface area contributed by atoms with Gasteiger partial charge in [-0.25, -0.2) is 4.98 Å². The second-order valence-corrected chi connectivity index (χ2v) is 3.42. The van der Waals surface area contributed by atoms with Crippen LogP contribution in [0, 0.1) is 0 Å². The van der Waals surface area contributed by atoms with Crippen molar-refractivity contribution in [2.45, 2.75) is 6.92 Å². The first-order valence-electron chi connectivity index (χ1n) is 4.90. The zero-order valence-corrected chi connectivity index (χ0v) is 9.18. The van der Waals surface area contributed by atoms with Gasteiger partial charge in [0, 0.05) is 19.2 Å². The normalized spacial score (nSPS) is 10.1. The maximum Gasteiger partial charge on any atom is 0.179 e. The van der Waals surface area contributed by atoms with E-state index in [0.717, 1.165) is 11.4 Å². The minimum absolute atomic E-state index is 0.0401. The summed E-state index contributed by atoms with van der Waals surface area (Å²) < 4.78 is 6.92. The molecule has 0 aliphatic carbocycles. The van der Waals surface area contributed by atoms with Crippen LogP contribution in [0.25, 0.3) is 5.69 Å². The monoisotopic (exact) mass is 216 g/mol. The average molecular weight is 216 g/mol. The fraction of sp³-hybridized carbons (Fsp3) is 0.167. The molecule has 2 aromatic rings. The Hall–Kier alpha value is -2.10. The molecule has 1 aromatic carbocycles. The van der Waals surface area contributed by atoms with Crippen molar-refractivity contribution in [2.75, 3.05) is 7.11 Å². The van der Waals surface area contributed by atoms with Crippen molar-refractivity contribution in [3.8, 4) is 11.4 Å². The summed E-state index contributed by atoms with van der Waals surface area (Å²) in [7, 11) is 1.62. The number of aromatic nitrogens is 2. The van der Waals surface area contributed by atoms with E-state index in [0.29, 0.717) is 5.69 Å². The van der Waals surface area contributed by atoms with E-state index in [9.17, 15) is 4.79 Å².